The summed E-state index contributed by atoms with van der Waals surface area (Å²) in [6.07, 6.45) is 0.294. The Hall–Kier alpha value is -2.04. The highest BCUT2D eigenvalue weighted by atomic mass is 16.6. The van der Waals surface area contributed by atoms with Crippen molar-refractivity contribution in [1.82, 2.24) is 0 Å². The molecule has 0 aromatic heterocycles. The maximum Gasteiger partial charge on any atom is 0.307 e. The Kier molecular flexibility index (Phi) is 5.13. The summed E-state index contributed by atoms with van der Waals surface area (Å²) in [4.78, 5) is 23.2. The Morgan fingerprint density at radius 2 is 1.80 bits per heavy atom. The topological polar surface area (TPSA) is 89.6 Å². The molecule has 0 aliphatic rings. The Morgan fingerprint density at radius 1 is 1.25 bits per heavy atom. The SMILES string of the molecule is CC(C)(C)OC(=O)C[C@@H](Cc1ccc(O)cc1)C(N)=O. The third kappa shape index (κ3) is 5.73. The first-order valence-corrected chi connectivity index (χ1v) is 6.46. The van der Waals surface area contributed by atoms with Crippen LogP contribution in [0.4, 0.5) is 0 Å². The van der Waals surface area contributed by atoms with Gasteiger partial charge in [0, 0.05) is 0 Å². The molecule has 0 spiro atoms. The molecule has 5 heteroatoms. The summed E-state index contributed by atoms with van der Waals surface area (Å²) in [5.74, 6) is -1.45. The second-order valence-corrected chi connectivity index (χ2v) is 5.76. The second-order valence-electron chi connectivity index (χ2n) is 5.76. The van der Waals surface area contributed by atoms with Gasteiger partial charge in [-0.15, -0.1) is 0 Å². The molecule has 0 unspecified atom stereocenters. The molecule has 1 rings (SSSR count). The van der Waals surface area contributed by atoms with Gasteiger partial charge in [-0.05, 0) is 44.9 Å². The van der Waals surface area contributed by atoms with Crippen LogP contribution in [0, 0.1) is 5.92 Å². The number of phenolic OH excluding ortho intramolecular Hbond substituents is 1. The van der Waals surface area contributed by atoms with E-state index in [1.54, 1.807) is 32.9 Å². The van der Waals surface area contributed by atoms with E-state index in [9.17, 15) is 14.7 Å². The van der Waals surface area contributed by atoms with Gasteiger partial charge in [-0.2, -0.15) is 0 Å². The van der Waals surface area contributed by atoms with Crippen molar-refractivity contribution >= 4 is 11.9 Å². The van der Waals surface area contributed by atoms with Gasteiger partial charge in [0.1, 0.15) is 11.4 Å². The van der Waals surface area contributed by atoms with Crippen LogP contribution in [-0.4, -0.2) is 22.6 Å². The largest absolute Gasteiger partial charge is 0.508 e. The molecule has 3 N–H and O–H groups in total. The van der Waals surface area contributed by atoms with Gasteiger partial charge in [0.15, 0.2) is 0 Å². The van der Waals surface area contributed by atoms with Gasteiger partial charge in [0.05, 0.1) is 12.3 Å². The zero-order valence-corrected chi connectivity index (χ0v) is 12.1. The van der Waals surface area contributed by atoms with Crippen LogP contribution in [0.3, 0.4) is 0 Å². The van der Waals surface area contributed by atoms with E-state index < -0.39 is 23.4 Å². The fraction of sp³-hybridized carbons (Fsp3) is 0.467. The highest BCUT2D eigenvalue weighted by Gasteiger charge is 2.24. The molecule has 0 saturated heterocycles. The molecule has 0 saturated carbocycles. The number of benzene rings is 1. The number of ether oxygens (including phenoxy) is 1. The van der Waals surface area contributed by atoms with Crippen LogP contribution in [0.2, 0.25) is 0 Å². The summed E-state index contributed by atoms with van der Waals surface area (Å²) >= 11 is 0. The molecule has 1 amide bonds. The van der Waals surface area contributed by atoms with Crippen LogP contribution in [-0.2, 0) is 20.7 Å². The molecule has 0 fully saturated rings. The minimum atomic E-state index is -0.616. The van der Waals surface area contributed by atoms with Crippen molar-refractivity contribution in [2.75, 3.05) is 0 Å². The van der Waals surface area contributed by atoms with E-state index in [1.807, 2.05) is 0 Å². The molecule has 0 bridgehead atoms. The Labute approximate surface area is 118 Å². The van der Waals surface area contributed by atoms with E-state index in [4.69, 9.17) is 10.5 Å². The zero-order chi connectivity index (χ0) is 15.3. The first-order valence-electron chi connectivity index (χ1n) is 6.46. The van der Waals surface area contributed by atoms with Gasteiger partial charge in [-0.25, -0.2) is 0 Å². The summed E-state index contributed by atoms with van der Waals surface area (Å²) in [5, 5.41) is 9.21. The lowest BCUT2D eigenvalue weighted by Crippen LogP contribution is -2.31. The molecule has 1 aromatic rings. The minimum Gasteiger partial charge on any atom is -0.508 e. The maximum absolute atomic E-state index is 11.7. The Morgan fingerprint density at radius 3 is 2.25 bits per heavy atom. The molecule has 0 aliphatic carbocycles. The standard InChI is InChI=1S/C15H21NO4/c1-15(2,3)20-13(18)9-11(14(16)19)8-10-4-6-12(17)7-5-10/h4-7,11,17H,8-9H2,1-3H3,(H2,16,19)/t11-/m1/s1. The van der Waals surface area contributed by atoms with Gasteiger partial charge < -0.3 is 15.6 Å². The maximum atomic E-state index is 11.7. The molecule has 20 heavy (non-hydrogen) atoms. The van der Waals surface area contributed by atoms with Crippen molar-refractivity contribution < 1.29 is 19.4 Å². The molecular formula is C15H21NO4. The van der Waals surface area contributed by atoms with Crippen molar-refractivity contribution in [2.24, 2.45) is 11.7 Å². The van der Waals surface area contributed by atoms with Crippen molar-refractivity contribution in [2.45, 2.75) is 39.2 Å². The van der Waals surface area contributed by atoms with Gasteiger partial charge in [-0.1, -0.05) is 12.1 Å². The number of nitrogens with two attached hydrogens (primary N) is 1. The molecule has 0 heterocycles. The summed E-state index contributed by atoms with van der Waals surface area (Å²) in [5.41, 5.74) is 5.57. The summed E-state index contributed by atoms with van der Waals surface area (Å²) in [6, 6.07) is 6.45. The van der Waals surface area contributed by atoms with E-state index in [0.717, 1.165) is 5.56 Å². The van der Waals surface area contributed by atoms with Crippen molar-refractivity contribution in [3.05, 3.63) is 29.8 Å². The Bertz CT molecular complexity index is 474. The number of phenols is 1. The fourth-order valence-electron chi connectivity index (χ4n) is 1.77. The number of esters is 1. The molecule has 0 radical (unpaired) electrons. The van der Waals surface area contributed by atoms with Crippen LogP contribution < -0.4 is 5.73 Å². The number of amides is 1. The molecule has 110 valence electrons. The number of rotatable bonds is 5. The van der Waals surface area contributed by atoms with Crippen molar-refractivity contribution in [3.8, 4) is 5.75 Å². The number of carbonyl (C=O) groups is 2. The van der Waals surface area contributed by atoms with Crippen molar-refractivity contribution in [3.63, 3.8) is 0 Å². The van der Waals surface area contributed by atoms with Crippen LogP contribution in [0.1, 0.15) is 32.8 Å². The number of hydrogen-bond acceptors (Lipinski definition) is 4. The van der Waals surface area contributed by atoms with Gasteiger partial charge in [0.25, 0.3) is 0 Å². The van der Waals surface area contributed by atoms with E-state index in [2.05, 4.69) is 0 Å². The monoisotopic (exact) mass is 279 g/mol. The van der Waals surface area contributed by atoms with Crippen LogP contribution in [0.15, 0.2) is 24.3 Å². The summed E-state index contributed by atoms with van der Waals surface area (Å²) < 4.78 is 5.19. The molecular weight excluding hydrogens is 258 g/mol. The van der Waals surface area contributed by atoms with Crippen molar-refractivity contribution in [1.29, 1.82) is 0 Å². The average molecular weight is 279 g/mol. The molecule has 1 atom stereocenters. The van der Waals surface area contributed by atoms with Crippen LogP contribution in [0.25, 0.3) is 0 Å². The third-order valence-electron chi connectivity index (χ3n) is 2.65. The number of primary amides is 1. The smallest absolute Gasteiger partial charge is 0.307 e. The Balaban J connectivity index is 2.68. The van der Waals surface area contributed by atoms with E-state index in [0.29, 0.717) is 6.42 Å². The number of aromatic hydroxyl groups is 1. The summed E-state index contributed by atoms with van der Waals surface area (Å²) in [7, 11) is 0. The predicted molar refractivity (Wildman–Crippen MR) is 75.0 cm³/mol. The molecule has 1 aromatic carbocycles. The van der Waals surface area contributed by atoms with Gasteiger partial charge in [-0.3, -0.25) is 9.59 Å². The van der Waals surface area contributed by atoms with E-state index >= 15 is 0 Å². The van der Waals surface area contributed by atoms with E-state index in [1.165, 1.54) is 12.1 Å². The molecule has 0 aliphatic heterocycles. The highest BCUT2D eigenvalue weighted by molar-refractivity contribution is 5.82. The van der Waals surface area contributed by atoms with Crippen LogP contribution in [0.5, 0.6) is 5.75 Å². The van der Waals surface area contributed by atoms with Crippen LogP contribution >= 0.6 is 0 Å². The van der Waals surface area contributed by atoms with Gasteiger partial charge >= 0.3 is 5.97 Å². The summed E-state index contributed by atoms with van der Waals surface area (Å²) in [6.45, 7) is 5.30. The highest BCUT2D eigenvalue weighted by Crippen LogP contribution is 2.18. The normalized spacial score (nSPS) is 12.8. The van der Waals surface area contributed by atoms with E-state index in [-0.39, 0.29) is 12.2 Å². The third-order valence-corrected chi connectivity index (χ3v) is 2.65. The number of carbonyl (C=O) groups excluding carboxylic acids is 2. The lowest BCUT2D eigenvalue weighted by molar-refractivity contribution is -0.157. The minimum absolute atomic E-state index is 0.0481. The quantitative estimate of drug-likeness (QED) is 0.804. The lowest BCUT2D eigenvalue weighted by Gasteiger charge is -2.21. The number of hydrogen-bond donors (Lipinski definition) is 2. The molecule has 5 nitrogen and oxygen atoms in total. The van der Waals surface area contributed by atoms with Gasteiger partial charge in [0.2, 0.25) is 5.91 Å². The fourth-order valence-corrected chi connectivity index (χ4v) is 1.77. The first-order chi connectivity index (χ1) is 9.17. The zero-order valence-electron chi connectivity index (χ0n) is 12.1. The lowest BCUT2D eigenvalue weighted by atomic mass is 9.95. The second kappa shape index (κ2) is 6.41. The predicted octanol–water partition coefficient (Wildman–Crippen LogP) is 1.77. The first kappa shape index (κ1) is 16.0. The average Bonchev–Trinajstić information content (AvgIpc) is 2.28.